The lowest BCUT2D eigenvalue weighted by Crippen LogP contribution is -2.13. The van der Waals surface area contributed by atoms with Gasteiger partial charge in [0.1, 0.15) is 5.01 Å². The van der Waals surface area contributed by atoms with Crippen molar-refractivity contribution < 1.29 is 0 Å². The van der Waals surface area contributed by atoms with Crippen molar-refractivity contribution in [3.8, 4) is 23.1 Å². The van der Waals surface area contributed by atoms with Gasteiger partial charge in [0.05, 0.1) is 5.69 Å². The minimum absolute atomic E-state index is 0.822. The molecule has 0 radical (unpaired) electrons. The summed E-state index contributed by atoms with van der Waals surface area (Å²) in [6.45, 7) is 3.61. The molecule has 0 spiro atoms. The van der Waals surface area contributed by atoms with E-state index in [4.69, 9.17) is 0 Å². The van der Waals surface area contributed by atoms with Gasteiger partial charge in [-0.05, 0) is 6.92 Å². The summed E-state index contributed by atoms with van der Waals surface area (Å²) < 4.78 is 0. The molecule has 1 heterocycles. The molecule has 2 nitrogen and oxygen atoms in total. The third kappa shape index (κ3) is 3.69. The van der Waals surface area contributed by atoms with Gasteiger partial charge in [0.25, 0.3) is 0 Å². The van der Waals surface area contributed by atoms with Crippen LogP contribution in [0, 0.1) is 11.8 Å². The predicted octanol–water partition coefficient (Wildman–Crippen LogP) is 3.31. The van der Waals surface area contributed by atoms with Crippen molar-refractivity contribution in [3.63, 3.8) is 0 Å². The molecule has 0 aliphatic rings. The van der Waals surface area contributed by atoms with Crippen LogP contribution in [0.15, 0.2) is 35.7 Å². The van der Waals surface area contributed by atoms with Gasteiger partial charge in [-0.3, -0.25) is 0 Å². The topological polar surface area (TPSA) is 24.9 Å². The molecule has 0 amide bonds. The zero-order valence-electron chi connectivity index (χ0n) is 10.4. The van der Waals surface area contributed by atoms with E-state index in [9.17, 15) is 0 Å². The largest absolute Gasteiger partial charge is 0.310 e. The van der Waals surface area contributed by atoms with Crippen LogP contribution in [0.1, 0.15) is 18.4 Å². The van der Waals surface area contributed by atoms with E-state index in [1.54, 1.807) is 11.3 Å². The number of benzene rings is 1. The lowest BCUT2D eigenvalue weighted by molar-refractivity contribution is 0.698. The highest BCUT2D eigenvalue weighted by Gasteiger charge is 2.03. The second-order valence-corrected chi connectivity index (χ2v) is 4.79. The molecule has 2 rings (SSSR count). The van der Waals surface area contributed by atoms with Crippen LogP contribution >= 0.6 is 11.3 Å². The van der Waals surface area contributed by atoms with Crippen molar-refractivity contribution in [3.05, 3.63) is 40.7 Å². The average molecular weight is 256 g/mol. The molecule has 0 unspecified atom stereocenters. The first-order valence-electron chi connectivity index (χ1n) is 6.00. The van der Waals surface area contributed by atoms with Gasteiger partial charge in [0.2, 0.25) is 0 Å². The van der Waals surface area contributed by atoms with E-state index in [2.05, 4.69) is 39.7 Å². The number of hydrogen-bond donors (Lipinski definition) is 1. The van der Waals surface area contributed by atoms with Gasteiger partial charge in [-0.25, -0.2) is 4.98 Å². The Morgan fingerprint density at radius 3 is 2.89 bits per heavy atom. The highest BCUT2D eigenvalue weighted by atomic mass is 32.1. The van der Waals surface area contributed by atoms with Gasteiger partial charge in [-0.1, -0.05) is 30.3 Å². The van der Waals surface area contributed by atoms with Gasteiger partial charge in [-0.2, -0.15) is 0 Å². The molecule has 0 fully saturated rings. The monoisotopic (exact) mass is 256 g/mol. The average Bonchev–Trinajstić information content (AvgIpc) is 2.88. The Labute approximate surface area is 112 Å². The highest BCUT2D eigenvalue weighted by molar-refractivity contribution is 7.09. The molecule has 0 atom stereocenters. The third-order valence-corrected chi connectivity index (χ3v) is 3.35. The van der Waals surface area contributed by atoms with Crippen LogP contribution in [0.4, 0.5) is 0 Å². The normalized spacial score (nSPS) is 9.83. The molecule has 0 saturated heterocycles. The van der Waals surface area contributed by atoms with E-state index < -0.39 is 0 Å². The Balaban J connectivity index is 1.88. The molecule has 92 valence electrons. The van der Waals surface area contributed by atoms with E-state index in [1.165, 1.54) is 5.56 Å². The molecule has 2 aromatic rings. The summed E-state index contributed by atoms with van der Waals surface area (Å²) in [6.07, 6.45) is 0.896. The van der Waals surface area contributed by atoms with Gasteiger partial charge in [0.15, 0.2) is 0 Å². The minimum atomic E-state index is 0.822. The van der Waals surface area contributed by atoms with Crippen LogP contribution < -0.4 is 5.32 Å². The molecule has 18 heavy (non-hydrogen) atoms. The maximum atomic E-state index is 4.62. The minimum Gasteiger partial charge on any atom is -0.310 e. The Morgan fingerprint density at radius 2 is 2.11 bits per heavy atom. The van der Waals surface area contributed by atoms with Crippen LogP contribution in [-0.2, 0) is 6.54 Å². The molecule has 1 N–H and O–H groups in total. The fourth-order valence-corrected chi connectivity index (χ4v) is 2.38. The summed E-state index contributed by atoms with van der Waals surface area (Å²) >= 11 is 1.70. The second kappa shape index (κ2) is 6.95. The van der Waals surface area contributed by atoms with Crippen LogP contribution in [0.2, 0.25) is 0 Å². The fourth-order valence-electron chi connectivity index (χ4n) is 1.60. The van der Waals surface area contributed by atoms with E-state index in [1.807, 2.05) is 25.1 Å². The van der Waals surface area contributed by atoms with E-state index in [0.29, 0.717) is 0 Å². The van der Waals surface area contributed by atoms with E-state index >= 15 is 0 Å². The Hall–Kier alpha value is -1.63. The van der Waals surface area contributed by atoms with Crippen molar-refractivity contribution in [2.45, 2.75) is 19.9 Å². The van der Waals surface area contributed by atoms with Crippen molar-refractivity contribution in [2.24, 2.45) is 0 Å². The number of nitrogens with one attached hydrogen (secondary N) is 1. The fraction of sp³-hybridized carbons (Fsp3) is 0.267. The first kappa shape index (κ1) is 12.8. The van der Waals surface area contributed by atoms with Crippen LogP contribution in [0.3, 0.4) is 0 Å². The maximum Gasteiger partial charge on any atom is 0.107 e. The molecule has 0 aliphatic carbocycles. The standard InChI is InChI=1S/C15H16N2S/c1-2-3-7-10-16-11-15-17-14(12-18-15)13-8-5-4-6-9-13/h4-6,8-9,12,16H,7,10-11H2,1H3. The van der Waals surface area contributed by atoms with Gasteiger partial charge >= 0.3 is 0 Å². The second-order valence-electron chi connectivity index (χ2n) is 3.85. The Bertz CT molecular complexity index is 534. The Kier molecular flexibility index (Phi) is 4.95. The molecule has 1 aromatic heterocycles. The van der Waals surface area contributed by atoms with E-state index in [0.717, 1.165) is 30.2 Å². The number of thiazole rings is 1. The quantitative estimate of drug-likeness (QED) is 0.656. The summed E-state index contributed by atoms with van der Waals surface area (Å²) in [4.78, 5) is 4.62. The molecule has 1 aromatic carbocycles. The molecular formula is C15H16N2S. The van der Waals surface area contributed by atoms with Crippen LogP contribution in [0.25, 0.3) is 11.3 Å². The van der Waals surface area contributed by atoms with Crippen molar-refractivity contribution in [1.29, 1.82) is 0 Å². The molecule has 0 bridgehead atoms. The Morgan fingerprint density at radius 1 is 1.28 bits per heavy atom. The lowest BCUT2D eigenvalue weighted by Gasteiger charge is -1.98. The first-order valence-corrected chi connectivity index (χ1v) is 6.88. The van der Waals surface area contributed by atoms with Gasteiger partial charge in [0, 0.05) is 30.5 Å². The van der Waals surface area contributed by atoms with Crippen molar-refractivity contribution in [2.75, 3.05) is 6.54 Å². The zero-order chi connectivity index (χ0) is 12.6. The summed E-state index contributed by atoms with van der Waals surface area (Å²) in [6, 6.07) is 10.3. The molecule has 0 saturated carbocycles. The predicted molar refractivity (Wildman–Crippen MR) is 77.3 cm³/mol. The smallest absolute Gasteiger partial charge is 0.107 e. The number of nitrogens with zero attached hydrogens (tertiary/aromatic N) is 1. The van der Waals surface area contributed by atoms with Crippen molar-refractivity contribution in [1.82, 2.24) is 10.3 Å². The zero-order valence-corrected chi connectivity index (χ0v) is 11.3. The summed E-state index contributed by atoms with van der Waals surface area (Å²) in [5.41, 5.74) is 2.24. The number of hydrogen-bond acceptors (Lipinski definition) is 3. The van der Waals surface area contributed by atoms with Crippen molar-refractivity contribution >= 4 is 11.3 Å². The van der Waals surface area contributed by atoms with Gasteiger partial charge < -0.3 is 5.32 Å². The maximum absolute atomic E-state index is 4.62. The number of aromatic nitrogens is 1. The first-order chi connectivity index (χ1) is 8.90. The molecule has 0 aliphatic heterocycles. The molecular weight excluding hydrogens is 240 g/mol. The SMILES string of the molecule is CC#CCCNCc1nc(-c2ccccc2)cs1. The summed E-state index contributed by atoms with van der Waals surface area (Å²) in [5, 5.41) is 6.58. The van der Waals surface area contributed by atoms with E-state index in [-0.39, 0.29) is 0 Å². The van der Waals surface area contributed by atoms with Crippen LogP contribution in [-0.4, -0.2) is 11.5 Å². The molecule has 3 heteroatoms. The summed E-state index contributed by atoms with van der Waals surface area (Å²) in [5.74, 6) is 5.93. The third-order valence-electron chi connectivity index (χ3n) is 2.50. The summed E-state index contributed by atoms with van der Waals surface area (Å²) in [7, 11) is 0. The van der Waals surface area contributed by atoms with Crippen LogP contribution in [0.5, 0.6) is 0 Å². The lowest BCUT2D eigenvalue weighted by atomic mass is 10.2. The van der Waals surface area contributed by atoms with Gasteiger partial charge in [-0.15, -0.1) is 23.2 Å². The number of rotatable bonds is 5. The highest BCUT2D eigenvalue weighted by Crippen LogP contribution is 2.21.